The fraction of sp³-hybridized carbons (Fsp3) is 0.400. The lowest BCUT2D eigenvalue weighted by Gasteiger charge is -2.31. The van der Waals surface area contributed by atoms with E-state index in [0.29, 0.717) is 31.3 Å². The fourth-order valence-corrected chi connectivity index (χ4v) is 5.60. The molecular formula is C30H32ClF3N6O5. The van der Waals surface area contributed by atoms with Crippen LogP contribution < -0.4 is 25.4 Å². The SMILES string of the molecule is COc1cc(C(=O)N[C@@H]2CCNCC2OC)c(Cl)cc1Nc1ncc(C(F)(F)F)c(Oc2cccc3c2C(=O)N(C)C3(C)C)n1. The maximum Gasteiger partial charge on any atom is 0.423 e. The minimum Gasteiger partial charge on any atom is -0.495 e. The Hall–Kier alpha value is -4.14. The van der Waals surface area contributed by atoms with Crippen molar-refractivity contribution in [2.75, 3.05) is 39.7 Å². The molecule has 2 aromatic carbocycles. The van der Waals surface area contributed by atoms with Crippen LogP contribution in [0.3, 0.4) is 0 Å². The minimum atomic E-state index is -4.86. The first kappa shape index (κ1) is 32.3. The Labute approximate surface area is 262 Å². The van der Waals surface area contributed by atoms with E-state index in [1.165, 1.54) is 30.2 Å². The molecule has 1 fully saturated rings. The largest absolute Gasteiger partial charge is 0.495 e. The summed E-state index contributed by atoms with van der Waals surface area (Å²) < 4.78 is 58.6. The van der Waals surface area contributed by atoms with Gasteiger partial charge in [0.05, 0.1) is 46.6 Å². The number of carbonyl (C=O) groups excluding carboxylic acids is 2. The molecule has 15 heteroatoms. The third kappa shape index (κ3) is 6.22. The van der Waals surface area contributed by atoms with E-state index in [4.69, 9.17) is 25.8 Å². The van der Waals surface area contributed by atoms with Crippen molar-refractivity contribution in [3.8, 4) is 17.4 Å². The van der Waals surface area contributed by atoms with Crippen molar-refractivity contribution in [2.24, 2.45) is 0 Å². The lowest BCUT2D eigenvalue weighted by atomic mass is 9.94. The quantitative estimate of drug-likeness (QED) is 0.305. The van der Waals surface area contributed by atoms with E-state index in [1.54, 1.807) is 26.3 Å². The summed E-state index contributed by atoms with van der Waals surface area (Å²) in [6, 6.07) is 7.28. The van der Waals surface area contributed by atoms with Crippen molar-refractivity contribution in [2.45, 2.75) is 44.1 Å². The van der Waals surface area contributed by atoms with Crippen molar-refractivity contribution in [1.82, 2.24) is 25.5 Å². The fourth-order valence-electron chi connectivity index (χ4n) is 5.35. The Kier molecular flexibility index (Phi) is 8.84. The van der Waals surface area contributed by atoms with Gasteiger partial charge in [-0.25, -0.2) is 4.98 Å². The Morgan fingerprint density at radius 3 is 2.64 bits per heavy atom. The van der Waals surface area contributed by atoms with Crippen LogP contribution in [0, 0.1) is 0 Å². The van der Waals surface area contributed by atoms with Crippen LogP contribution in [0.15, 0.2) is 36.5 Å². The van der Waals surface area contributed by atoms with Crippen LogP contribution in [0.2, 0.25) is 5.02 Å². The van der Waals surface area contributed by atoms with Crippen LogP contribution in [0.4, 0.5) is 24.8 Å². The minimum absolute atomic E-state index is 0.0483. The van der Waals surface area contributed by atoms with Gasteiger partial charge in [0.25, 0.3) is 11.8 Å². The summed E-state index contributed by atoms with van der Waals surface area (Å²) in [5.74, 6) is -1.86. The number of amides is 2. The van der Waals surface area contributed by atoms with Crippen molar-refractivity contribution >= 4 is 35.1 Å². The van der Waals surface area contributed by atoms with Gasteiger partial charge >= 0.3 is 6.18 Å². The number of methoxy groups -OCH3 is 2. The molecule has 3 heterocycles. The van der Waals surface area contributed by atoms with Gasteiger partial charge in [-0.05, 0) is 50.6 Å². The van der Waals surface area contributed by atoms with Crippen molar-refractivity contribution < 1.29 is 37.0 Å². The summed E-state index contributed by atoms with van der Waals surface area (Å²) in [6.07, 6.45) is -3.85. The molecule has 1 unspecified atom stereocenters. The molecule has 45 heavy (non-hydrogen) atoms. The van der Waals surface area contributed by atoms with Crippen LogP contribution in [-0.4, -0.2) is 73.2 Å². The molecule has 11 nitrogen and oxygen atoms in total. The van der Waals surface area contributed by atoms with Gasteiger partial charge in [-0.2, -0.15) is 18.2 Å². The topological polar surface area (TPSA) is 127 Å². The molecule has 0 saturated carbocycles. The molecule has 3 aromatic rings. The summed E-state index contributed by atoms with van der Waals surface area (Å²) in [5.41, 5.74) is -0.881. The summed E-state index contributed by atoms with van der Waals surface area (Å²) in [4.78, 5) is 35.5. The number of carbonyl (C=O) groups is 2. The molecule has 2 aliphatic rings. The third-order valence-corrected chi connectivity index (χ3v) is 8.45. The highest BCUT2D eigenvalue weighted by Gasteiger charge is 2.43. The maximum absolute atomic E-state index is 14.0. The van der Waals surface area contributed by atoms with Crippen molar-refractivity contribution in [3.05, 3.63) is 63.8 Å². The van der Waals surface area contributed by atoms with Crippen molar-refractivity contribution in [3.63, 3.8) is 0 Å². The summed E-state index contributed by atoms with van der Waals surface area (Å²) >= 11 is 6.48. The zero-order chi connectivity index (χ0) is 32.7. The molecular weight excluding hydrogens is 617 g/mol. The number of hydrogen-bond acceptors (Lipinski definition) is 9. The molecule has 0 spiro atoms. The molecule has 0 bridgehead atoms. The number of alkyl halides is 3. The number of anilines is 2. The zero-order valence-electron chi connectivity index (χ0n) is 25.1. The summed E-state index contributed by atoms with van der Waals surface area (Å²) in [6.45, 7) is 4.94. The first-order valence-corrected chi connectivity index (χ1v) is 14.4. The molecule has 0 aliphatic carbocycles. The lowest BCUT2D eigenvalue weighted by molar-refractivity contribution is -0.139. The van der Waals surface area contributed by atoms with Gasteiger partial charge in [0.15, 0.2) is 0 Å². The first-order valence-electron chi connectivity index (χ1n) is 14.0. The van der Waals surface area contributed by atoms with Gasteiger partial charge in [0.2, 0.25) is 11.8 Å². The average molecular weight is 649 g/mol. The van der Waals surface area contributed by atoms with Gasteiger partial charge in [-0.3, -0.25) is 9.59 Å². The maximum atomic E-state index is 14.0. The number of nitrogens with zero attached hydrogens (tertiary/aromatic N) is 3. The average Bonchev–Trinajstić information content (AvgIpc) is 3.17. The van der Waals surface area contributed by atoms with Crippen LogP contribution in [-0.2, 0) is 16.5 Å². The number of hydrogen-bond donors (Lipinski definition) is 3. The Morgan fingerprint density at radius 2 is 1.96 bits per heavy atom. The third-order valence-electron chi connectivity index (χ3n) is 8.13. The van der Waals surface area contributed by atoms with E-state index in [9.17, 15) is 22.8 Å². The van der Waals surface area contributed by atoms with Crippen LogP contribution in [0.25, 0.3) is 0 Å². The highest BCUT2D eigenvalue weighted by atomic mass is 35.5. The van der Waals surface area contributed by atoms with Gasteiger partial charge in [-0.15, -0.1) is 0 Å². The lowest BCUT2D eigenvalue weighted by Crippen LogP contribution is -2.53. The number of benzene rings is 2. The zero-order valence-corrected chi connectivity index (χ0v) is 25.9. The Bertz CT molecular complexity index is 1640. The first-order chi connectivity index (χ1) is 21.3. The monoisotopic (exact) mass is 648 g/mol. The second kappa shape index (κ2) is 12.3. The smallest absolute Gasteiger partial charge is 0.423 e. The highest BCUT2D eigenvalue weighted by Crippen LogP contribution is 2.44. The number of nitrogens with one attached hydrogen (secondary N) is 3. The molecule has 2 atom stereocenters. The van der Waals surface area contributed by atoms with Gasteiger partial charge < -0.3 is 35.1 Å². The molecule has 0 radical (unpaired) electrons. The Morgan fingerprint density at radius 1 is 1.20 bits per heavy atom. The van der Waals surface area contributed by atoms with E-state index in [1.807, 2.05) is 13.8 Å². The van der Waals surface area contributed by atoms with Crippen molar-refractivity contribution in [1.29, 1.82) is 0 Å². The number of fused-ring (bicyclic) bond motifs is 1. The number of ether oxygens (including phenoxy) is 3. The van der Waals surface area contributed by atoms with Gasteiger partial charge in [0.1, 0.15) is 17.1 Å². The summed E-state index contributed by atoms with van der Waals surface area (Å²) in [5, 5.41) is 8.99. The van der Waals surface area contributed by atoms with Gasteiger partial charge in [0, 0.05) is 26.9 Å². The molecule has 3 N–H and O–H groups in total. The Balaban J connectivity index is 1.45. The molecule has 2 aliphatic heterocycles. The molecule has 2 amide bonds. The number of piperidine rings is 1. The molecule has 5 rings (SSSR count). The standard InChI is InChI=1S/C30H32ClF3N6O5/c1-29(2)16-7-6-8-21(24(16)27(42)40(29)3)45-26-17(30(32,33)34)13-36-28(39-26)38-20-12-18(31)15(11-22(20)43-4)25(41)37-19-9-10-35-14-23(19)44-5/h6-8,11-13,19,23,35H,9-10,14H2,1-5H3,(H,37,41)(H,36,38,39)/t19-,23?/m1/s1. The second-order valence-electron chi connectivity index (χ2n) is 11.1. The van der Waals surface area contributed by atoms with E-state index < -0.39 is 35.0 Å². The van der Waals surface area contributed by atoms with E-state index in [2.05, 4.69) is 25.9 Å². The van der Waals surface area contributed by atoms with E-state index in [0.717, 1.165) is 0 Å². The molecule has 1 saturated heterocycles. The predicted octanol–water partition coefficient (Wildman–Crippen LogP) is 5.12. The highest BCUT2D eigenvalue weighted by molar-refractivity contribution is 6.34. The molecule has 240 valence electrons. The number of rotatable bonds is 8. The number of aromatic nitrogens is 2. The number of halogens is 4. The predicted molar refractivity (Wildman–Crippen MR) is 159 cm³/mol. The van der Waals surface area contributed by atoms with E-state index >= 15 is 0 Å². The molecule has 1 aromatic heterocycles. The summed E-state index contributed by atoms with van der Waals surface area (Å²) in [7, 11) is 4.53. The van der Waals surface area contributed by atoms with Crippen LogP contribution in [0.5, 0.6) is 17.4 Å². The second-order valence-corrected chi connectivity index (χ2v) is 11.5. The van der Waals surface area contributed by atoms with Gasteiger partial charge in [-0.1, -0.05) is 23.7 Å². The van der Waals surface area contributed by atoms with Crippen LogP contribution in [0.1, 0.15) is 52.1 Å². The van der Waals surface area contributed by atoms with E-state index in [-0.39, 0.29) is 51.4 Å². The van der Waals surface area contributed by atoms with Crippen LogP contribution >= 0.6 is 11.6 Å². The normalized spacial score (nSPS) is 19.2.